The number of carboxylic acids is 1. The first-order valence-electron chi connectivity index (χ1n) is 8.41. The predicted octanol–water partition coefficient (Wildman–Crippen LogP) is 2.18. The Hall–Kier alpha value is -2.67. The second kappa shape index (κ2) is 8.43. The van der Waals surface area contributed by atoms with Crippen molar-refractivity contribution in [2.24, 2.45) is 0 Å². The largest absolute Gasteiger partial charge is 0.480 e. The van der Waals surface area contributed by atoms with Gasteiger partial charge >= 0.3 is 5.97 Å². The molecule has 1 saturated heterocycles. The molecule has 0 spiro atoms. The van der Waals surface area contributed by atoms with Crippen LogP contribution in [-0.2, 0) is 16.0 Å². The fourth-order valence-electron chi connectivity index (χ4n) is 2.78. The van der Waals surface area contributed by atoms with Crippen LogP contribution in [-0.4, -0.2) is 46.3 Å². The number of benzene rings is 1. The lowest BCUT2D eigenvalue weighted by molar-refractivity contribution is -0.137. The van der Waals surface area contributed by atoms with Gasteiger partial charge < -0.3 is 20.5 Å². The first kappa shape index (κ1) is 17.2. The number of aliphatic carboxylic acids is 1. The zero-order chi connectivity index (χ0) is 17.5. The number of aromatic nitrogens is 2. The number of hydrogen-bond donors (Lipinski definition) is 3. The molecule has 1 aromatic carbocycles. The summed E-state index contributed by atoms with van der Waals surface area (Å²) in [6.07, 6.45) is 4.01. The minimum atomic E-state index is -0.938. The van der Waals surface area contributed by atoms with E-state index in [1.54, 1.807) is 12.3 Å². The lowest BCUT2D eigenvalue weighted by atomic mass is 10.1. The molecule has 25 heavy (non-hydrogen) atoms. The maximum atomic E-state index is 11.6. The average molecular weight is 342 g/mol. The number of nitrogens with zero attached hydrogens (tertiary/aromatic N) is 2. The Morgan fingerprint density at radius 1 is 1.32 bits per heavy atom. The van der Waals surface area contributed by atoms with E-state index in [2.05, 4.69) is 20.6 Å². The van der Waals surface area contributed by atoms with Gasteiger partial charge in [-0.05, 0) is 24.5 Å². The zero-order valence-corrected chi connectivity index (χ0v) is 13.9. The molecule has 2 aromatic rings. The van der Waals surface area contributed by atoms with Crippen LogP contribution in [0, 0.1) is 0 Å². The fraction of sp³-hybridized carbons (Fsp3) is 0.389. The number of anilines is 2. The summed E-state index contributed by atoms with van der Waals surface area (Å²) in [5, 5.41) is 15.7. The van der Waals surface area contributed by atoms with Gasteiger partial charge in [0.05, 0.1) is 12.6 Å². The third-order valence-corrected chi connectivity index (χ3v) is 4.05. The van der Waals surface area contributed by atoms with Gasteiger partial charge in [-0.3, -0.25) is 0 Å². The molecular weight excluding hydrogens is 320 g/mol. The van der Waals surface area contributed by atoms with Crippen LogP contribution in [0.4, 0.5) is 11.8 Å². The molecule has 0 amide bonds. The standard InChI is InChI=1S/C18H22N4O3/c23-17(24)15(11-13-5-2-1-3-6-13)21-18-19-9-8-16(22-18)20-14-7-4-10-25-12-14/h1-3,5-6,8-9,14-15H,4,7,10-12H2,(H,23,24)(H2,19,20,21,22)/t14?,15-/m1/s1. The second-order valence-electron chi connectivity index (χ2n) is 6.05. The third kappa shape index (κ3) is 5.15. The van der Waals surface area contributed by atoms with Gasteiger partial charge in [-0.1, -0.05) is 30.3 Å². The van der Waals surface area contributed by atoms with Gasteiger partial charge in [0.25, 0.3) is 0 Å². The van der Waals surface area contributed by atoms with Gasteiger partial charge in [-0.2, -0.15) is 4.98 Å². The molecule has 2 atom stereocenters. The molecule has 1 fully saturated rings. The van der Waals surface area contributed by atoms with Crippen molar-refractivity contribution in [1.29, 1.82) is 0 Å². The Bertz CT molecular complexity index is 690. The van der Waals surface area contributed by atoms with E-state index in [9.17, 15) is 9.90 Å². The molecule has 1 aromatic heterocycles. The molecule has 0 bridgehead atoms. The van der Waals surface area contributed by atoms with Crippen LogP contribution in [0.2, 0.25) is 0 Å². The number of nitrogens with one attached hydrogen (secondary N) is 2. The molecule has 7 heteroatoms. The van der Waals surface area contributed by atoms with Gasteiger partial charge in [0.15, 0.2) is 0 Å². The molecule has 0 saturated carbocycles. The molecule has 7 nitrogen and oxygen atoms in total. The van der Waals surface area contributed by atoms with Gasteiger partial charge in [0, 0.05) is 19.2 Å². The number of ether oxygens (including phenoxy) is 1. The predicted molar refractivity (Wildman–Crippen MR) is 94.7 cm³/mol. The van der Waals surface area contributed by atoms with E-state index in [-0.39, 0.29) is 6.04 Å². The highest BCUT2D eigenvalue weighted by Gasteiger charge is 2.19. The summed E-state index contributed by atoms with van der Waals surface area (Å²) in [5.41, 5.74) is 0.941. The Kier molecular flexibility index (Phi) is 5.79. The van der Waals surface area contributed by atoms with E-state index < -0.39 is 12.0 Å². The van der Waals surface area contributed by atoms with Crippen LogP contribution >= 0.6 is 0 Å². The summed E-state index contributed by atoms with van der Waals surface area (Å²) in [7, 11) is 0. The van der Waals surface area contributed by atoms with Crippen molar-refractivity contribution in [3.8, 4) is 0 Å². The summed E-state index contributed by atoms with van der Waals surface area (Å²) in [5.74, 6) is 0.0217. The second-order valence-corrected chi connectivity index (χ2v) is 6.05. The summed E-state index contributed by atoms with van der Waals surface area (Å²) in [4.78, 5) is 20.1. The van der Waals surface area contributed by atoms with Crippen LogP contribution in [0.5, 0.6) is 0 Å². The Labute approximate surface area is 146 Å². The summed E-state index contributed by atoms with van der Waals surface area (Å²) >= 11 is 0. The van der Waals surface area contributed by atoms with Crippen LogP contribution in [0.15, 0.2) is 42.6 Å². The van der Waals surface area contributed by atoms with Gasteiger partial charge in [-0.15, -0.1) is 0 Å². The highest BCUT2D eigenvalue weighted by Crippen LogP contribution is 2.14. The molecule has 1 unspecified atom stereocenters. The van der Waals surface area contributed by atoms with Crippen LogP contribution in [0.25, 0.3) is 0 Å². The summed E-state index contributed by atoms with van der Waals surface area (Å²) in [6.45, 7) is 1.45. The van der Waals surface area contributed by atoms with Crippen LogP contribution in [0.3, 0.4) is 0 Å². The van der Waals surface area contributed by atoms with E-state index in [1.807, 2.05) is 30.3 Å². The Balaban J connectivity index is 1.65. The SMILES string of the molecule is O=C(O)[C@@H](Cc1ccccc1)Nc1nccc(NC2CCCOC2)n1. The third-order valence-electron chi connectivity index (χ3n) is 4.05. The minimum absolute atomic E-state index is 0.219. The molecule has 1 aliphatic heterocycles. The van der Waals surface area contributed by atoms with Crippen LogP contribution < -0.4 is 10.6 Å². The maximum absolute atomic E-state index is 11.6. The van der Waals surface area contributed by atoms with Crippen molar-refractivity contribution in [2.75, 3.05) is 23.8 Å². The minimum Gasteiger partial charge on any atom is -0.480 e. The average Bonchev–Trinajstić information content (AvgIpc) is 2.63. The van der Waals surface area contributed by atoms with Crippen molar-refractivity contribution >= 4 is 17.7 Å². The zero-order valence-electron chi connectivity index (χ0n) is 13.9. The van der Waals surface area contributed by atoms with E-state index in [4.69, 9.17) is 4.74 Å². The van der Waals surface area contributed by atoms with Crippen molar-refractivity contribution in [2.45, 2.75) is 31.3 Å². The molecule has 0 radical (unpaired) electrons. The summed E-state index contributed by atoms with van der Waals surface area (Å²) in [6, 6.07) is 10.7. The molecule has 3 N–H and O–H groups in total. The van der Waals surface area contributed by atoms with E-state index in [1.165, 1.54) is 0 Å². The smallest absolute Gasteiger partial charge is 0.326 e. The molecule has 1 aliphatic rings. The normalized spacial score (nSPS) is 18.3. The molecule has 132 valence electrons. The van der Waals surface area contributed by atoms with Gasteiger partial charge in [-0.25, -0.2) is 9.78 Å². The van der Waals surface area contributed by atoms with Crippen molar-refractivity contribution in [3.63, 3.8) is 0 Å². The molecule has 3 rings (SSSR count). The summed E-state index contributed by atoms with van der Waals surface area (Å²) < 4.78 is 5.45. The number of carbonyl (C=O) groups is 1. The molecule has 2 heterocycles. The maximum Gasteiger partial charge on any atom is 0.326 e. The Morgan fingerprint density at radius 2 is 2.16 bits per heavy atom. The number of hydrogen-bond acceptors (Lipinski definition) is 6. The Morgan fingerprint density at radius 3 is 2.88 bits per heavy atom. The monoisotopic (exact) mass is 342 g/mol. The van der Waals surface area contributed by atoms with Crippen LogP contribution in [0.1, 0.15) is 18.4 Å². The van der Waals surface area contributed by atoms with E-state index in [0.29, 0.717) is 24.8 Å². The highest BCUT2D eigenvalue weighted by atomic mass is 16.5. The van der Waals surface area contributed by atoms with E-state index >= 15 is 0 Å². The fourth-order valence-corrected chi connectivity index (χ4v) is 2.78. The van der Waals surface area contributed by atoms with Gasteiger partial charge in [0.1, 0.15) is 11.9 Å². The molecule has 0 aliphatic carbocycles. The van der Waals surface area contributed by atoms with Gasteiger partial charge in [0.2, 0.25) is 5.95 Å². The first-order valence-corrected chi connectivity index (χ1v) is 8.41. The molecular formula is C18H22N4O3. The topological polar surface area (TPSA) is 96.4 Å². The lowest BCUT2D eigenvalue weighted by Gasteiger charge is -2.23. The van der Waals surface area contributed by atoms with Crippen molar-refractivity contribution in [1.82, 2.24) is 9.97 Å². The lowest BCUT2D eigenvalue weighted by Crippen LogP contribution is -2.33. The van der Waals surface area contributed by atoms with E-state index in [0.717, 1.165) is 25.0 Å². The number of rotatable bonds is 7. The first-order chi connectivity index (χ1) is 12.2. The quantitative estimate of drug-likeness (QED) is 0.709. The number of carboxylic acid groups (broad SMARTS) is 1. The van der Waals surface area contributed by atoms with Crippen molar-refractivity contribution in [3.05, 3.63) is 48.2 Å². The highest BCUT2D eigenvalue weighted by molar-refractivity contribution is 5.77. The van der Waals surface area contributed by atoms with Crippen molar-refractivity contribution < 1.29 is 14.6 Å².